The average molecular weight is 394 g/mol. The highest BCUT2D eigenvalue weighted by molar-refractivity contribution is 6.07. The molecule has 5 rings (SSSR count). The number of carbonyl (C=O) groups excluding carboxylic acids is 2. The van der Waals surface area contributed by atoms with Crippen LogP contribution in [0.2, 0.25) is 0 Å². The molecule has 30 heavy (non-hydrogen) atoms. The van der Waals surface area contributed by atoms with Crippen LogP contribution in [-0.2, 0) is 9.59 Å². The molecule has 2 aliphatic rings. The molecule has 0 bridgehead atoms. The van der Waals surface area contributed by atoms with Gasteiger partial charge in [0.15, 0.2) is 0 Å². The third-order valence-electron chi connectivity index (χ3n) is 6.08. The molecule has 0 saturated carbocycles. The van der Waals surface area contributed by atoms with Crippen LogP contribution in [0.15, 0.2) is 103 Å². The highest BCUT2D eigenvalue weighted by Crippen LogP contribution is 2.49. The van der Waals surface area contributed by atoms with E-state index in [1.807, 2.05) is 91.0 Å². The first-order valence-corrected chi connectivity index (χ1v) is 10.2. The minimum Gasteiger partial charge on any atom is -0.289 e. The lowest BCUT2D eigenvalue weighted by molar-refractivity contribution is -0.138. The van der Waals surface area contributed by atoms with E-state index < -0.39 is 11.8 Å². The number of benzene rings is 3. The summed E-state index contributed by atoms with van der Waals surface area (Å²) in [4.78, 5) is 27.0. The number of anilines is 1. The van der Waals surface area contributed by atoms with E-state index in [-0.39, 0.29) is 23.7 Å². The maximum Gasteiger partial charge on any atom is 0.253 e. The Morgan fingerprint density at radius 3 is 1.40 bits per heavy atom. The Hall–Kier alpha value is -3.66. The topological polar surface area (TPSA) is 49.4 Å². The van der Waals surface area contributed by atoms with Gasteiger partial charge in [0.05, 0.1) is 17.5 Å². The van der Waals surface area contributed by atoms with E-state index in [2.05, 4.69) is 17.6 Å². The van der Waals surface area contributed by atoms with Gasteiger partial charge in [-0.25, -0.2) is 0 Å². The summed E-state index contributed by atoms with van der Waals surface area (Å²) < 4.78 is 0. The summed E-state index contributed by atoms with van der Waals surface area (Å²) in [5.41, 5.74) is 5.88. The maximum absolute atomic E-state index is 13.5. The minimum absolute atomic E-state index is 0.129. The summed E-state index contributed by atoms with van der Waals surface area (Å²) in [5.74, 6) is -1.48. The summed E-state index contributed by atoms with van der Waals surface area (Å²) in [5, 5.41) is 1.23. The molecule has 148 valence electrons. The predicted octanol–water partition coefficient (Wildman–Crippen LogP) is 4.75. The third kappa shape index (κ3) is 3.11. The van der Waals surface area contributed by atoms with Crippen molar-refractivity contribution >= 4 is 17.5 Å². The molecule has 4 atom stereocenters. The molecule has 0 radical (unpaired) electrons. The fraction of sp³-hybridized carbons (Fsp3) is 0.154. The van der Waals surface area contributed by atoms with Crippen LogP contribution in [0.25, 0.3) is 0 Å². The molecule has 0 unspecified atom stereocenters. The van der Waals surface area contributed by atoms with Crippen molar-refractivity contribution in [3.05, 3.63) is 114 Å². The molecule has 2 amide bonds. The van der Waals surface area contributed by atoms with Crippen LogP contribution in [0, 0.1) is 11.8 Å². The van der Waals surface area contributed by atoms with Crippen molar-refractivity contribution in [1.82, 2.24) is 5.01 Å². The Kier molecular flexibility index (Phi) is 4.68. The Morgan fingerprint density at radius 2 is 0.967 bits per heavy atom. The Morgan fingerprint density at radius 1 is 0.567 bits per heavy atom. The van der Waals surface area contributed by atoms with Gasteiger partial charge in [-0.15, -0.1) is 0 Å². The molecule has 1 fully saturated rings. The summed E-state index contributed by atoms with van der Waals surface area (Å²) in [7, 11) is 0. The van der Waals surface area contributed by atoms with Gasteiger partial charge in [0.2, 0.25) is 0 Å². The van der Waals surface area contributed by atoms with E-state index >= 15 is 0 Å². The lowest BCUT2D eigenvalue weighted by atomic mass is 9.68. The number of fused-ring (bicyclic) bond motifs is 1. The molecule has 3 aromatic rings. The molecule has 0 aromatic heterocycles. The summed E-state index contributed by atoms with van der Waals surface area (Å²) in [6.07, 6.45) is 4.21. The number of imide groups is 1. The van der Waals surface area contributed by atoms with Crippen LogP contribution in [0.4, 0.5) is 5.69 Å². The first-order chi connectivity index (χ1) is 14.7. The van der Waals surface area contributed by atoms with Crippen molar-refractivity contribution in [2.24, 2.45) is 11.8 Å². The molecule has 4 heteroatoms. The van der Waals surface area contributed by atoms with Crippen molar-refractivity contribution in [2.45, 2.75) is 11.8 Å². The van der Waals surface area contributed by atoms with Crippen molar-refractivity contribution in [3.63, 3.8) is 0 Å². The first kappa shape index (κ1) is 18.4. The van der Waals surface area contributed by atoms with Crippen molar-refractivity contribution < 1.29 is 9.59 Å². The second-order valence-electron chi connectivity index (χ2n) is 7.80. The minimum atomic E-state index is -0.439. The zero-order chi connectivity index (χ0) is 20.5. The number of hydrazine groups is 1. The number of allylic oxidation sites excluding steroid dienone is 2. The van der Waals surface area contributed by atoms with Gasteiger partial charge in [0.1, 0.15) is 0 Å². The average Bonchev–Trinajstić information content (AvgIpc) is 3.06. The number of hydrogen-bond acceptors (Lipinski definition) is 3. The summed E-state index contributed by atoms with van der Waals surface area (Å²) in [6, 6.07) is 29.3. The van der Waals surface area contributed by atoms with Gasteiger partial charge in [-0.05, 0) is 23.3 Å². The molecule has 1 saturated heterocycles. The number of nitrogens with zero attached hydrogens (tertiary/aromatic N) is 1. The van der Waals surface area contributed by atoms with Gasteiger partial charge in [-0.1, -0.05) is 91.0 Å². The molecule has 1 aliphatic heterocycles. The highest BCUT2D eigenvalue weighted by atomic mass is 16.2. The Bertz CT molecular complexity index is 1010. The molecule has 3 aromatic carbocycles. The Balaban J connectivity index is 1.57. The summed E-state index contributed by atoms with van der Waals surface area (Å²) >= 11 is 0. The largest absolute Gasteiger partial charge is 0.289 e. The first-order valence-electron chi connectivity index (χ1n) is 10.2. The lowest BCUT2D eigenvalue weighted by Gasteiger charge is -2.32. The van der Waals surface area contributed by atoms with E-state index in [1.54, 1.807) is 0 Å². The third-order valence-corrected chi connectivity index (χ3v) is 6.08. The normalized spacial score (nSPS) is 25.3. The zero-order valence-electron chi connectivity index (χ0n) is 16.4. The second kappa shape index (κ2) is 7.64. The quantitative estimate of drug-likeness (QED) is 0.513. The van der Waals surface area contributed by atoms with Crippen LogP contribution in [0.3, 0.4) is 0 Å². The molecule has 1 aliphatic carbocycles. The maximum atomic E-state index is 13.5. The number of nitrogens with one attached hydrogen (secondary N) is 1. The number of amides is 2. The smallest absolute Gasteiger partial charge is 0.253 e. The number of para-hydroxylation sites is 1. The van der Waals surface area contributed by atoms with Gasteiger partial charge < -0.3 is 0 Å². The van der Waals surface area contributed by atoms with E-state index in [9.17, 15) is 9.59 Å². The van der Waals surface area contributed by atoms with E-state index in [1.165, 1.54) is 5.01 Å². The SMILES string of the molecule is O=C1[C@@H]2[C@H](C(=O)N1Nc1ccccc1)[C@H](c1ccccc1)C=C[C@@H]2c1ccccc1. The fourth-order valence-electron chi connectivity index (χ4n) is 4.69. The molecule has 1 N–H and O–H groups in total. The lowest BCUT2D eigenvalue weighted by Crippen LogP contribution is -2.37. The molecule has 1 heterocycles. The van der Waals surface area contributed by atoms with Crippen molar-refractivity contribution in [1.29, 1.82) is 0 Å². The second-order valence-corrected chi connectivity index (χ2v) is 7.80. The zero-order valence-corrected chi connectivity index (χ0v) is 16.4. The predicted molar refractivity (Wildman–Crippen MR) is 116 cm³/mol. The molecule has 0 spiro atoms. The molecular weight excluding hydrogens is 372 g/mol. The van der Waals surface area contributed by atoms with E-state index in [0.717, 1.165) is 16.8 Å². The summed E-state index contributed by atoms with van der Waals surface area (Å²) in [6.45, 7) is 0. The van der Waals surface area contributed by atoms with Gasteiger partial charge in [0, 0.05) is 11.8 Å². The molecular formula is C26H22N2O2. The van der Waals surface area contributed by atoms with Crippen LogP contribution in [0.1, 0.15) is 23.0 Å². The number of hydrogen-bond donors (Lipinski definition) is 1. The number of rotatable bonds is 4. The van der Waals surface area contributed by atoms with Gasteiger partial charge >= 0.3 is 0 Å². The Labute approximate surface area is 175 Å². The monoisotopic (exact) mass is 394 g/mol. The number of carbonyl (C=O) groups is 2. The highest BCUT2D eigenvalue weighted by Gasteiger charge is 2.55. The van der Waals surface area contributed by atoms with Gasteiger partial charge in [0.25, 0.3) is 11.8 Å². The van der Waals surface area contributed by atoms with Gasteiger partial charge in [-0.3, -0.25) is 15.0 Å². The van der Waals surface area contributed by atoms with Gasteiger partial charge in [-0.2, -0.15) is 5.01 Å². The van der Waals surface area contributed by atoms with Crippen molar-refractivity contribution in [2.75, 3.05) is 5.43 Å². The van der Waals surface area contributed by atoms with Crippen LogP contribution >= 0.6 is 0 Å². The van der Waals surface area contributed by atoms with Crippen LogP contribution in [-0.4, -0.2) is 16.8 Å². The van der Waals surface area contributed by atoms with Crippen molar-refractivity contribution in [3.8, 4) is 0 Å². The van der Waals surface area contributed by atoms with Crippen LogP contribution in [0.5, 0.6) is 0 Å². The van der Waals surface area contributed by atoms with Crippen LogP contribution < -0.4 is 5.43 Å². The fourth-order valence-corrected chi connectivity index (χ4v) is 4.69. The standard InChI is InChI=1S/C26H22N2O2/c29-25-23-21(18-10-4-1-5-11-18)16-17-22(19-12-6-2-7-13-19)24(23)26(30)28(25)27-20-14-8-3-9-15-20/h1-17,21-24,27H/t21-,22+,23+,24-. The molecule has 4 nitrogen and oxygen atoms in total. The van der Waals surface area contributed by atoms with E-state index in [4.69, 9.17) is 0 Å². The van der Waals surface area contributed by atoms with E-state index in [0.29, 0.717) is 0 Å².